The van der Waals surface area contributed by atoms with E-state index in [2.05, 4.69) is 5.32 Å². The minimum atomic E-state index is -0.190. The molecule has 1 N–H and O–H groups in total. The Hall–Kier alpha value is -1.88. The molecule has 5 heteroatoms. The zero-order valence-corrected chi connectivity index (χ0v) is 11.9. The lowest BCUT2D eigenvalue weighted by molar-refractivity contribution is -0.120. The van der Waals surface area contributed by atoms with Crippen LogP contribution in [-0.2, 0) is 14.3 Å². The highest BCUT2D eigenvalue weighted by Crippen LogP contribution is 2.28. The van der Waals surface area contributed by atoms with E-state index >= 15 is 0 Å². The fraction of sp³-hybridized carbons (Fsp3) is 0.467. The number of benzene rings is 1. The zero-order chi connectivity index (χ0) is 14.5. The first-order valence-electron chi connectivity index (χ1n) is 6.91. The van der Waals surface area contributed by atoms with Crippen molar-refractivity contribution in [3.05, 3.63) is 24.3 Å². The van der Waals surface area contributed by atoms with Crippen molar-refractivity contribution in [3.63, 3.8) is 0 Å². The van der Waals surface area contributed by atoms with Crippen LogP contribution in [0.3, 0.4) is 0 Å². The molecule has 1 aliphatic heterocycles. The first-order chi connectivity index (χ1) is 9.61. The number of nitrogens with zero attached hydrogens (tertiary/aromatic N) is 1. The van der Waals surface area contributed by atoms with Crippen LogP contribution >= 0.6 is 0 Å². The van der Waals surface area contributed by atoms with E-state index in [1.54, 1.807) is 11.0 Å². The average Bonchev–Trinajstić information content (AvgIpc) is 2.76. The van der Waals surface area contributed by atoms with Gasteiger partial charge in [-0.05, 0) is 38.5 Å². The van der Waals surface area contributed by atoms with Crippen molar-refractivity contribution in [2.24, 2.45) is 0 Å². The molecule has 0 spiro atoms. The number of amides is 2. The SMILES string of the molecule is CCOCC(=O)Nc1cccc(N2C(=O)CCC2C)c1. The summed E-state index contributed by atoms with van der Waals surface area (Å²) in [6.45, 7) is 4.42. The second-order valence-corrected chi connectivity index (χ2v) is 4.89. The Morgan fingerprint density at radius 3 is 2.95 bits per heavy atom. The number of anilines is 2. The molecule has 1 aliphatic rings. The molecule has 2 rings (SSSR count). The Kier molecular flexibility index (Phi) is 4.74. The highest BCUT2D eigenvalue weighted by molar-refractivity contribution is 5.97. The molecule has 1 unspecified atom stereocenters. The molecule has 0 bridgehead atoms. The van der Waals surface area contributed by atoms with E-state index in [0.717, 1.165) is 12.1 Å². The molecule has 1 aromatic carbocycles. The van der Waals surface area contributed by atoms with Crippen molar-refractivity contribution in [1.82, 2.24) is 0 Å². The lowest BCUT2D eigenvalue weighted by atomic mass is 10.2. The fourth-order valence-corrected chi connectivity index (χ4v) is 2.35. The maximum atomic E-state index is 11.9. The van der Waals surface area contributed by atoms with Crippen LogP contribution in [0.2, 0.25) is 0 Å². The smallest absolute Gasteiger partial charge is 0.250 e. The molecule has 1 aromatic rings. The molecule has 20 heavy (non-hydrogen) atoms. The minimum Gasteiger partial charge on any atom is -0.372 e. The summed E-state index contributed by atoms with van der Waals surface area (Å²) in [7, 11) is 0. The van der Waals surface area contributed by atoms with Crippen molar-refractivity contribution in [2.45, 2.75) is 32.7 Å². The highest BCUT2D eigenvalue weighted by atomic mass is 16.5. The summed E-state index contributed by atoms with van der Waals surface area (Å²) < 4.78 is 5.06. The van der Waals surface area contributed by atoms with Gasteiger partial charge in [0.25, 0.3) is 0 Å². The Bertz CT molecular complexity index is 502. The van der Waals surface area contributed by atoms with Crippen molar-refractivity contribution in [1.29, 1.82) is 0 Å². The summed E-state index contributed by atoms with van der Waals surface area (Å²) in [5.74, 6) is -0.0555. The molecule has 1 heterocycles. The van der Waals surface area contributed by atoms with Gasteiger partial charge in [0.05, 0.1) is 0 Å². The predicted molar refractivity (Wildman–Crippen MR) is 77.7 cm³/mol. The summed E-state index contributed by atoms with van der Waals surface area (Å²) in [5.41, 5.74) is 1.51. The largest absolute Gasteiger partial charge is 0.372 e. The first kappa shape index (κ1) is 14.5. The van der Waals surface area contributed by atoms with Gasteiger partial charge in [0.1, 0.15) is 6.61 Å². The van der Waals surface area contributed by atoms with Gasteiger partial charge < -0.3 is 15.0 Å². The molecule has 2 amide bonds. The van der Waals surface area contributed by atoms with Gasteiger partial charge in [-0.3, -0.25) is 9.59 Å². The topological polar surface area (TPSA) is 58.6 Å². The quantitative estimate of drug-likeness (QED) is 0.896. The van der Waals surface area contributed by atoms with Gasteiger partial charge in [-0.15, -0.1) is 0 Å². The van der Waals surface area contributed by atoms with Crippen LogP contribution in [0.25, 0.3) is 0 Å². The molecule has 108 valence electrons. The highest BCUT2D eigenvalue weighted by Gasteiger charge is 2.28. The molecule has 0 aliphatic carbocycles. The van der Waals surface area contributed by atoms with E-state index in [4.69, 9.17) is 4.74 Å². The molecular weight excluding hydrogens is 256 g/mol. The number of nitrogens with one attached hydrogen (secondary N) is 1. The van der Waals surface area contributed by atoms with Gasteiger partial charge in [-0.1, -0.05) is 6.07 Å². The summed E-state index contributed by atoms with van der Waals surface area (Å²) in [6, 6.07) is 7.56. The Morgan fingerprint density at radius 2 is 2.30 bits per heavy atom. The molecule has 0 radical (unpaired) electrons. The van der Waals surface area contributed by atoms with Crippen molar-refractivity contribution < 1.29 is 14.3 Å². The molecule has 1 atom stereocenters. The van der Waals surface area contributed by atoms with Crippen LogP contribution in [0.15, 0.2) is 24.3 Å². The maximum Gasteiger partial charge on any atom is 0.250 e. The van der Waals surface area contributed by atoms with E-state index in [1.165, 1.54) is 0 Å². The number of hydrogen-bond acceptors (Lipinski definition) is 3. The van der Waals surface area contributed by atoms with E-state index in [9.17, 15) is 9.59 Å². The molecule has 5 nitrogen and oxygen atoms in total. The number of ether oxygens (including phenoxy) is 1. The third-order valence-electron chi connectivity index (χ3n) is 3.33. The minimum absolute atomic E-state index is 0.0414. The van der Waals surface area contributed by atoms with Gasteiger partial charge in [-0.2, -0.15) is 0 Å². The predicted octanol–water partition coefficient (Wildman–Crippen LogP) is 2.18. The summed E-state index contributed by atoms with van der Waals surface area (Å²) in [4.78, 5) is 25.3. The van der Waals surface area contributed by atoms with E-state index in [1.807, 2.05) is 32.0 Å². The number of hydrogen-bond donors (Lipinski definition) is 1. The lowest BCUT2D eigenvalue weighted by Gasteiger charge is -2.22. The molecule has 1 saturated heterocycles. The fourth-order valence-electron chi connectivity index (χ4n) is 2.35. The summed E-state index contributed by atoms with van der Waals surface area (Å²) in [6.07, 6.45) is 1.46. The first-order valence-corrected chi connectivity index (χ1v) is 6.91. The lowest BCUT2D eigenvalue weighted by Crippen LogP contribution is -2.30. The van der Waals surface area contributed by atoms with E-state index in [0.29, 0.717) is 18.7 Å². The van der Waals surface area contributed by atoms with Gasteiger partial charge >= 0.3 is 0 Å². The second-order valence-electron chi connectivity index (χ2n) is 4.89. The Morgan fingerprint density at radius 1 is 1.50 bits per heavy atom. The number of carbonyl (C=O) groups excluding carboxylic acids is 2. The van der Waals surface area contributed by atoms with Crippen molar-refractivity contribution in [2.75, 3.05) is 23.4 Å². The Balaban J connectivity index is 2.08. The second kappa shape index (κ2) is 6.52. The molecule has 0 saturated carbocycles. The Labute approximate surface area is 118 Å². The zero-order valence-electron chi connectivity index (χ0n) is 11.9. The number of carbonyl (C=O) groups is 2. The standard InChI is InChI=1S/C15H20N2O3/c1-3-20-10-14(18)16-12-5-4-6-13(9-12)17-11(2)7-8-15(17)19/h4-6,9,11H,3,7-8,10H2,1-2H3,(H,16,18). The van der Waals surface area contributed by atoms with Crippen LogP contribution < -0.4 is 10.2 Å². The van der Waals surface area contributed by atoms with Crippen molar-refractivity contribution in [3.8, 4) is 0 Å². The molecular formula is C15H20N2O3. The number of rotatable bonds is 5. The van der Waals surface area contributed by atoms with Gasteiger partial charge in [0.15, 0.2) is 0 Å². The van der Waals surface area contributed by atoms with Crippen molar-refractivity contribution >= 4 is 23.2 Å². The van der Waals surface area contributed by atoms with Crippen LogP contribution in [0.1, 0.15) is 26.7 Å². The maximum absolute atomic E-state index is 11.9. The summed E-state index contributed by atoms with van der Waals surface area (Å²) in [5, 5.41) is 2.77. The van der Waals surface area contributed by atoms with Crippen LogP contribution in [-0.4, -0.2) is 31.1 Å². The third-order valence-corrected chi connectivity index (χ3v) is 3.33. The average molecular weight is 276 g/mol. The molecule has 0 aromatic heterocycles. The van der Waals surface area contributed by atoms with E-state index < -0.39 is 0 Å². The third kappa shape index (κ3) is 3.36. The van der Waals surface area contributed by atoms with Crippen LogP contribution in [0, 0.1) is 0 Å². The van der Waals surface area contributed by atoms with Crippen LogP contribution in [0.4, 0.5) is 11.4 Å². The normalized spacial score (nSPS) is 18.4. The summed E-state index contributed by atoms with van der Waals surface area (Å²) >= 11 is 0. The molecule has 1 fully saturated rings. The van der Waals surface area contributed by atoms with Crippen LogP contribution in [0.5, 0.6) is 0 Å². The van der Waals surface area contributed by atoms with Gasteiger partial charge in [-0.25, -0.2) is 0 Å². The van der Waals surface area contributed by atoms with Gasteiger partial charge in [0.2, 0.25) is 11.8 Å². The monoisotopic (exact) mass is 276 g/mol. The van der Waals surface area contributed by atoms with Gasteiger partial charge in [0, 0.05) is 30.4 Å². The van der Waals surface area contributed by atoms with E-state index in [-0.39, 0.29) is 24.5 Å².